The van der Waals surface area contributed by atoms with Gasteiger partial charge in [-0.05, 0) is 13.0 Å². The van der Waals surface area contributed by atoms with E-state index in [-0.39, 0.29) is 30.6 Å². The molecule has 2 heterocycles. The summed E-state index contributed by atoms with van der Waals surface area (Å²) < 4.78 is 14.6. The van der Waals surface area contributed by atoms with Gasteiger partial charge in [-0.2, -0.15) is 0 Å². The Bertz CT molecular complexity index is 441. The SMILES string of the molecule is Cc1c(F)ccn2c(N)cnc12.Cl.Cl. The van der Waals surface area contributed by atoms with Gasteiger partial charge in [0.15, 0.2) is 0 Å². The maximum atomic E-state index is 13.0. The van der Waals surface area contributed by atoms with Crippen molar-refractivity contribution in [2.75, 3.05) is 5.73 Å². The third-order valence-corrected chi connectivity index (χ3v) is 1.89. The Kier molecular flexibility index (Phi) is 4.16. The molecule has 0 amide bonds. The standard InChI is InChI=1S/C8H8FN3.2ClH/c1-5-6(9)2-3-12-7(10)4-11-8(5)12;;/h2-4H,10H2,1H3;2*1H. The average molecular weight is 238 g/mol. The molecule has 14 heavy (non-hydrogen) atoms. The molecular formula is C8H10Cl2FN3. The van der Waals surface area contributed by atoms with E-state index in [1.54, 1.807) is 17.5 Å². The number of nitrogen functional groups attached to an aromatic ring is 1. The van der Waals surface area contributed by atoms with Crippen LogP contribution in [0.1, 0.15) is 5.56 Å². The van der Waals surface area contributed by atoms with Crippen molar-refractivity contribution in [3.05, 3.63) is 29.8 Å². The predicted octanol–water partition coefficient (Wildman–Crippen LogP) is 2.21. The van der Waals surface area contributed by atoms with Gasteiger partial charge in [0, 0.05) is 11.8 Å². The number of imidazole rings is 1. The van der Waals surface area contributed by atoms with Crippen molar-refractivity contribution >= 4 is 36.3 Å². The van der Waals surface area contributed by atoms with E-state index in [1.807, 2.05) is 0 Å². The highest BCUT2D eigenvalue weighted by Gasteiger charge is 2.05. The number of aryl methyl sites for hydroxylation is 1. The first-order chi connectivity index (χ1) is 5.70. The summed E-state index contributed by atoms with van der Waals surface area (Å²) in [6.07, 6.45) is 3.09. The first-order valence-corrected chi connectivity index (χ1v) is 3.58. The molecule has 78 valence electrons. The van der Waals surface area contributed by atoms with Crippen LogP contribution in [0.5, 0.6) is 0 Å². The number of rotatable bonds is 0. The quantitative estimate of drug-likeness (QED) is 0.764. The lowest BCUT2D eigenvalue weighted by Crippen LogP contribution is -1.95. The van der Waals surface area contributed by atoms with Crippen molar-refractivity contribution in [3.8, 4) is 0 Å². The molecule has 0 aliphatic heterocycles. The maximum Gasteiger partial charge on any atom is 0.144 e. The zero-order valence-corrected chi connectivity index (χ0v) is 9.03. The van der Waals surface area contributed by atoms with E-state index < -0.39 is 0 Å². The number of nitrogens with zero attached hydrogens (tertiary/aromatic N) is 2. The van der Waals surface area contributed by atoms with Gasteiger partial charge in [0.1, 0.15) is 17.3 Å². The first-order valence-electron chi connectivity index (χ1n) is 3.58. The van der Waals surface area contributed by atoms with Gasteiger partial charge in [-0.15, -0.1) is 24.8 Å². The van der Waals surface area contributed by atoms with Gasteiger partial charge in [-0.1, -0.05) is 0 Å². The molecule has 0 radical (unpaired) electrons. The van der Waals surface area contributed by atoms with Crippen LogP contribution in [0, 0.1) is 12.7 Å². The molecule has 0 unspecified atom stereocenters. The second-order valence-electron chi connectivity index (χ2n) is 2.67. The smallest absolute Gasteiger partial charge is 0.144 e. The van der Waals surface area contributed by atoms with Crippen LogP contribution in [0.3, 0.4) is 0 Å². The Balaban J connectivity index is 0.000000845. The fraction of sp³-hybridized carbons (Fsp3) is 0.125. The number of nitrogens with two attached hydrogens (primary N) is 1. The van der Waals surface area contributed by atoms with E-state index in [0.717, 1.165) is 0 Å². The minimum absolute atomic E-state index is 0. The summed E-state index contributed by atoms with van der Waals surface area (Å²) in [5.74, 6) is 0.265. The molecule has 0 spiro atoms. The number of hydrogen-bond acceptors (Lipinski definition) is 2. The summed E-state index contributed by atoms with van der Waals surface area (Å²) in [5, 5.41) is 0. The maximum absolute atomic E-state index is 13.0. The van der Waals surface area contributed by atoms with Crippen molar-refractivity contribution < 1.29 is 4.39 Å². The molecule has 0 atom stereocenters. The normalized spacial score (nSPS) is 9.29. The van der Waals surface area contributed by atoms with Crippen LogP contribution in [-0.4, -0.2) is 9.38 Å². The predicted molar refractivity (Wildman–Crippen MR) is 58.8 cm³/mol. The van der Waals surface area contributed by atoms with Crippen molar-refractivity contribution in [2.24, 2.45) is 0 Å². The molecule has 2 aromatic heterocycles. The monoisotopic (exact) mass is 237 g/mol. The Morgan fingerprint density at radius 3 is 2.71 bits per heavy atom. The zero-order chi connectivity index (χ0) is 8.72. The number of fused-ring (bicyclic) bond motifs is 1. The van der Waals surface area contributed by atoms with E-state index in [2.05, 4.69) is 4.98 Å². The lowest BCUT2D eigenvalue weighted by molar-refractivity contribution is 0.617. The van der Waals surface area contributed by atoms with Crippen LogP contribution >= 0.6 is 24.8 Å². The summed E-state index contributed by atoms with van der Waals surface area (Å²) >= 11 is 0. The van der Waals surface area contributed by atoms with Crippen LogP contribution in [-0.2, 0) is 0 Å². The number of anilines is 1. The summed E-state index contributed by atoms with van der Waals surface area (Å²) in [5.41, 5.74) is 6.67. The van der Waals surface area contributed by atoms with Crippen LogP contribution in [0.25, 0.3) is 5.65 Å². The van der Waals surface area contributed by atoms with E-state index in [0.29, 0.717) is 17.0 Å². The highest BCUT2D eigenvalue weighted by molar-refractivity contribution is 5.85. The minimum atomic E-state index is -0.256. The highest BCUT2D eigenvalue weighted by atomic mass is 35.5. The third-order valence-electron chi connectivity index (χ3n) is 1.89. The second kappa shape index (κ2) is 4.48. The molecule has 0 bridgehead atoms. The zero-order valence-electron chi connectivity index (χ0n) is 7.40. The van der Waals surface area contributed by atoms with Gasteiger partial charge < -0.3 is 5.73 Å². The van der Waals surface area contributed by atoms with Crippen molar-refractivity contribution in [2.45, 2.75) is 6.92 Å². The van der Waals surface area contributed by atoms with E-state index in [1.165, 1.54) is 12.3 Å². The number of pyridine rings is 1. The molecular weight excluding hydrogens is 228 g/mol. The third kappa shape index (κ3) is 1.76. The van der Waals surface area contributed by atoms with E-state index >= 15 is 0 Å². The lowest BCUT2D eigenvalue weighted by atomic mass is 10.3. The molecule has 0 aliphatic carbocycles. The lowest BCUT2D eigenvalue weighted by Gasteiger charge is -1.99. The van der Waals surface area contributed by atoms with E-state index in [9.17, 15) is 4.39 Å². The Morgan fingerprint density at radius 1 is 1.43 bits per heavy atom. The van der Waals surface area contributed by atoms with Crippen LogP contribution in [0.2, 0.25) is 0 Å². The first kappa shape index (κ1) is 13.0. The Morgan fingerprint density at radius 2 is 2.07 bits per heavy atom. The summed E-state index contributed by atoms with van der Waals surface area (Å²) in [4.78, 5) is 3.98. The molecule has 0 aromatic carbocycles. The molecule has 6 heteroatoms. The topological polar surface area (TPSA) is 43.3 Å². The van der Waals surface area contributed by atoms with Gasteiger partial charge in [-0.3, -0.25) is 4.40 Å². The summed E-state index contributed by atoms with van der Waals surface area (Å²) in [6.45, 7) is 1.68. The van der Waals surface area contributed by atoms with E-state index in [4.69, 9.17) is 5.73 Å². The Hall–Kier alpha value is -1.00. The van der Waals surface area contributed by atoms with Gasteiger partial charge >= 0.3 is 0 Å². The van der Waals surface area contributed by atoms with Crippen LogP contribution < -0.4 is 5.73 Å². The molecule has 0 saturated heterocycles. The van der Waals surface area contributed by atoms with Gasteiger partial charge in [0.05, 0.1) is 6.20 Å². The van der Waals surface area contributed by atoms with Crippen molar-refractivity contribution in [3.63, 3.8) is 0 Å². The van der Waals surface area contributed by atoms with Crippen LogP contribution in [0.15, 0.2) is 18.5 Å². The molecule has 2 aromatic rings. The second-order valence-corrected chi connectivity index (χ2v) is 2.67. The summed E-state index contributed by atoms with van der Waals surface area (Å²) in [6, 6.07) is 1.38. The average Bonchev–Trinajstić information content (AvgIpc) is 2.41. The number of hydrogen-bond donors (Lipinski definition) is 1. The molecule has 3 nitrogen and oxygen atoms in total. The van der Waals surface area contributed by atoms with Crippen molar-refractivity contribution in [1.82, 2.24) is 9.38 Å². The van der Waals surface area contributed by atoms with Gasteiger partial charge in [0.2, 0.25) is 0 Å². The number of aromatic nitrogens is 2. The fourth-order valence-electron chi connectivity index (χ4n) is 1.18. The highest BCUT2D eigenvalue weighted by Crippen LogP contribution is 2.14. The molecule has 2 rings (SSSR count). The molecule has 0 saturated carbocycles. The van der Waals surface area contributed by atoms with Gasteiger partial charge in [-0.25, -0.2) is 9.37 Å². The largest absolute Gasteiger partial charge is 0.383 e. The fourth-order valence-corrected chi connectivity index (χ4v) is 1.18. The van der Waals surface area contributed by atoms with Crippen molar-refractivity contribution in [1.29, 1.82) is 0 Å². The number of halogens is 3. The molecule has 2 N–H and O–H groups in total. The molecule has 0 aliphatic rings. The Labute approximate surface area is 92.9 Å². The minimum Gasteiger partial charge on any atom is -0.383 e. The molecule has 0 fully saturated rings. The van der Waals surface area contributed by atoms with Crippen LogP contribution in [0.4, 0.5) is 10.2 Å². The van der Waals surface area contributed by atoms with Gasteiger partial charge in [0.25, 0.3) is 0 Å². The summed E-state index contributed by atoms with van der Waals surface area (Å²) in [7, 11) is 0.